The van der Waals surface area contributed by atoms with Crippen LogP contribution in [0.3, 0.4) is 0 Å². The number of sulfone groups is 1. The molecule has 4 aromatic rings. The van der Waals surface area contributed by atoms with Gasteiger partial charge in [0, 0.05) is 5.92 Å². The molecule has 7 rings (SSSR count). The topological polar surface area (TPSA) is 101 Å². The van der Waals surface area contributed by atoms with Crippen molar-refractivity contribution in [1.29, 1.82) is 0 Å². The first-order chi connectivity index (χ1) is 25.4. The van der Waals surface area contributed by atoms with Crippen LogP contribution in [0.5, 0.6) is 0 Å². The van der Waals surface area contributed by atoms with Gasteiger partial charge in [-0.05, 0) is 82.3 Å². The average molecular weight is 747 g/mol. The van der Waals surface area contributed by atoms with Crippen LogP contribution in [0.15, 0.2) is 114 Å². The van der Waals surface area contributed by atoms with Gasteiger partial charge in [-0.25, -0.2) is 8.42 Å². The van der Waals surface area contributed by atoms with Gasteiger partial charge in [-0.1, -0.05) is 149 Å². The van der Waals surface area contributed by atoms with Crippen LogP contribution < -0.4 is 10.4 Å². The Labute approximate surface area is 315 Å². The van der Waals surface area contributed by atoms with Gasteiger partial charge in [0.2, 0.25) is 0 Å². The molecule has 53 heavy (non-hydrogen) atoms. The van der Waals surface area contributed by atoms with Crippen LogP contribution in [0, 0.1) is 23.7 Å². The number of aliphatic hydroxyl groups excluding tert-OH is 1. The molecule has 6 nitrogen and oxygen atoms in total. The van der Waals surface area contributed by atoms with Gasteiger partial charge in [-0.15, -0.1) is 0 Å². The number of hydrogen-bond acceptors (Lipinski definition) is 5. The van der Waals surface area contributed by atoms with Crippen LogP contribution in [0.4, 0.5) is 0 Å². The van der Waals surface area contributed by atoms with E-state index in [0.717, 1.165) is 53.6 Å². The summed E-state index contributed by atoms with van der Waals surface area (Å²) in [6, 6.07) is 34.7. The van der Waals surface area contributed by atoms with Gasteiger partial charge in [0.05, 0.1) is 11.3 Å². The lowest BCUT2D eigenvalue weighted by atomic mass is 9.83. The zero-order valence-corrected chi connectivity index (χ0v) is 32.7. The Balaban J connectivity index is 1.54. The average Bonchev–Trinajstić information content (AvgIpc) is 3.63. The van der Waals surface area contributed by atoms with Gasteiger partial charge in [0.25, 0.3) is 8.32 Å². The second-order valence-corrected chi connectivity index (χ2v) is 22.7. The molecule has 4 unspecified atom stereocenters. The molecular weight excluding hydrogens is 697 g/mol. The predicted molar refractivity (Wildman–Crippen MR) is 211 cm³/mol. The third-order valence-electron chi connectivity index (χ3n) is 12.2. The monoisotopic (exact) mass is 746 g/mol. The lowest BCUT2D eigenvalue weighted by Crippen LogP contribution is -2.71. The maximum Gasteiger partial charge on any atom is 0.307 e. The lowest BCUT2D eigenvalue weighted by Gasteiger charge is -2.52. The maximum absolute atomic E-state index is 15.9. The number of fused-ring (bicyclic) bond motifs is 3. The minimum atomic E-state index is -4.21. The SMILES string of the molecule is CC(C)(C)[Si](OC12CCC(C#CC(O)C3CCCCC3)C1(S(=O)(=O)c1ccccc1)Cc1ccc(CC(=O)O)cc12)(c1ccccc1)c1ccccc1. The van der Waals surface area contributed by atoms with Gasteiger partial charge in [0.1, 0.15) is 16.5 Å². The van der Waals surface area contributed by atoms with E-state index in [1.165, 1.54) is 0 Å². The van der Waals surface area contributed by atoms with E-state index in [1.54, 1.807) is 30.3 Å². The molecule has 2 N–H and O–H groups in total. The van der Waals surface area contributed by atoms with E-state index in [0.29, 0.717) is 18.4 Å². The number of carboxylic acids is 1. The van der Waals surface area contributed by atoms with Crippen molar-refractivity contribution in [1.82, 2.24) is 0 Å². The third kappa shape index (κ3) is 6.20. The van der Waals surface area contributed by atoms with E-state index in [-0.39, 0.29) is 23.7 Å². The highest BCUT2D eigenvalue weighted by molar-refractivity contribution is 7.93. The Morgan fingerprint density at radius 3 is 2.02 bits per heavy atom. The molecule has 8 heteroatoms. The van der Waals surface area contributed by atoms with Crippen LogP contribution >= 0.6 is 0 Å². The Bertz CT molecular complexity index is 2070. The van der Waals surface area contributed by atoms with Crippen molar-refractivity contribution < 1.29 is 27.9 Å². The Kier molecular flexibility index (Phi) is 10.1. The van der Waals surface area contributed by atoms with Gasteiger partial charge < -0.3 is 14.6 Å². The van der Waals surface area contributed by atoms with E-state index >= 15 is 8.42 Å². The summed E-state index contributed by atoms with van der Waals surface area (Å²) in [5.74, 6) is 5.09. The highest BCUT2D eigenvalue weighted by Gasteiger charge is 2.74. The fourth-order valence-electron chi connectivity index (χ4n) is 9.78. The molecule has 4 aromatic carbocycles. The fourth-order valence-corrected chi connectivity index (χ4v) is 17.2. The number of rotatable bonds is 9. The molecule has 0 radical (unpaired) electrons. The Hall–Kier alpha value is -4.00. The molecule has 3 aliphatic carbocycles. The Morgan fingerprint density at radius 2 is 1.45 bits per heavy atom. The second-order valence-electron chi connectivity index (χ2n) is 16.3. The van der Waals surface area contributed by atoms with Crippen molar-refractivity contribution in [2.75, 3.05) is 0 Å². The van der Waals surface area contributed by atoms with E-state index in [2.05, 4.69) is 56.9 Å². The molecule has 0 heterocycles. The molecule has 276 valence electrons. The quantitative estimate of drug-likeness (QED) is 0.139. The molecule has 0 aliphatic heterocycles. The second kappa shape index (κ2) is 14.3. The number of carbonyl (C=O) groups is 1. The van der Waals surface area contributed by atoms with Crippen molar-refractivity contribution in [3.63, 3.8) is 0 Å². The molecule has 4 atom stereocenters. The predicted octanol–water partition coefficient (Wildman–Crippen LogP) is 7.21. The van der Waals surface area contributed by atoms with Crippen molar-refractivity contribution >= 4 is 34.5 Å². The summed E-state index contributed by atoms with van der Waals surface area (Å²) in [5, 5.41) is 22.9. The van der Waals surface area contributed by atoms with E-state index in [4.69, 9.17) is 4.43 Å². The minimum absolute atomic E-state index is 0.0665. The molecule has 2 fully saturated rings. The van der Waals surface area contributed by atoms with Crippen molar-refractivity contribution in [3.8, 4) is 11.8 Å². The van der Waals surface area contributed by atoms with Crippen LogP contribution in [-0.4, -0.2) is 43.8 Å². The zero-order valence-electron chi connectivity index (χ0n) is 30.9. The lowest BCUT2D eigenvalue weighted by molar-refractivity contribution is -0.136. The summed E-state index contributed by atoms with van der Waals surface area (Å²) < 4.78 is 38.3. The van der Waals surface area contributed by atoms with Crippen LogP contribution in [-0.2, 0) is 37.5 Å². The molecule has 0 bridgehead atoms. The summed E-state index contributed by atoms with van der Waals surface area (Å²) in [5.41, 5.74) is 0.764. The van der Waals surface area contributed by atoms with Gasteiger partial charge in [-0.3, -0.25) is 4.79 Å². The maximum atomic E-state index is 15.9. The molecule has 0 aromatic heterocycles. The fraction of sp³-hybridized carbons (Fsp3) is 0.400. The smallest absolute Gasteiger partial charge is 0.307 e. The van der Waals surface area contributed by atoms with Gasteiger partial charge >= 0.3 is 5.97 Å². The molecule has 3 aliphatic rings. The van der Waals surface area contributed by atoms with Gasteiger partial charge in [-0.2, -0.15) is 0 Å². The molecule has 2 saturated carbocycles. The van der Waals surface area contributed by atoms with Crippen molar-refractivity contribution in [2.24, 2.45) is 11.8 Å². The molecular formula is C45H50O6SSi. The summed E-state index contributed by atoms with van der Waals surface area (Å²) in [7, 11) is -7.64. The summed E-state index contributed by atoms with van der Waals surface area (Å²) in [6.07, 6.45) is 5.02. The summed E-state index contributed by atoms with van der Waals surface area (Å²) >= 11 is 0. The normalized spacial score (nSPS) is 23.7. The Morgan fingerprint density at radius 1 is 0.868 bits per heavy atom. The van der Waals surface area contributed by atoms with E-state index in [1.807, 2.05) is 54.6 Å². The first kappa shape index (κ1) is 37.3. The summed E-state index contributed by atoms with van der Waals surface area (Å²) in [6.45, 7) is 6.56. The van der Waals surface area contributed by atoms with E-state index < -0.39 is 51.5 Å². The van der Waals surface area contributed by atoms with Crippen molar-refractivity contribution in [2.45, 2.75) is 105 Å². The van der Waals surface area contributed by atoms with Crippen LogP contribution in [0.25, 0.3) is 0 Å². The number of aliphatic carboxylic acids is 1. The highest BCUT2D eigenvalue weighted by atomic mass is 32.2. The molecule has 0 saturated heterocycles. The third-order valence-corrected chi connectivity index (χ3v) is 19.9. The number of carboxylic acid groups (broad SMARTS) is 1. The van der Waals surface area contributed by atoms with Crippen molar-refractivity contribution in [3.05, 3.63) is 126 Å². The first-order valence-electron chi connectivity index (χ1n) is 19.0. The van der Waals surface area contributed by atoms with Crippen LogP contribution in [0.1, 0.15) is 82.4 Å². The summed E-state index contributed by atoms with van der Waals surface area (Å²) in [4.78, 5) is 12.3. The van der Waals surface area contributed by atoms with E-state index in [9.17, 15) is 15.0 Å². The molecule has 0 amide bonds. The van der Waals surface area contributed by atoms with Gasteiger partial charge in [0.15, 0.2) is 9.84 Å². The zero-order chi connectivity index (χ0) is 37.5. The highest BCUT2D eigenvalue weighted by Crippen LogP contribution is 2.65. The number of aliphatic hydroxyl groups is 1. The largest absolute Gasteiger partial charge is 0.481 e. The first-order valence-corrected chi connectivity index (χ1v) is 22.4. The van der Waals surface area contributed by atoms with Crippen LogP contribution in [0.2, 0.25) is 5.04 Å². The number of hydrogen-bond donors (Lipinski definition) is 2. The minimum Gasteiger partial charge on any atom is -0.481 e. The molecule has 0 spiro atoms. The standard InChI is InChI=1S/C45H50O6SSi/c1-43(2,3)53(38-20-12-6-13-21-38,39-22-14-7-15-23-39)51-44-29-28-36(26-27-41(46)34-16-8-4-9-17-34)45(44,52(49,50)37-18-10-5-11-19-37)32-35-25-24-33(30-40(35)44)31-42(47)48/h5-7,10-15,18-25,30,34,36,41,46H,4,8-9,16-17,28-29,31-32H2,1-3H3,(H,47,48). The number of benzene rings is 4.